The number of unbranched alkanes of at least 4 members (excludes halogenated alkanes) is 16. The van der Waals surface area contributed by atoms with Crippen molar-refractivity contribution < 1.29 is 27.9 Å². The molecule has 0 saturated heterocycles. The molecule has 7 heteroatoms. The Hall–Kier alpha value is -1.43. The fourth-order valence-electron chi connectivity index (χ4n) is 4.79. The molecular formula is C33H55O6P. The Kier molecular flexibility index (Phi) is 20.1. The Bertz CT molecular complexity index is 915. The van der Waals surface area contributed by atoms with E-state index in [1.54, 1.807) is 6.07 Å². The molecule has 2 aromatic rings. The molecule has 0 fully saturated rings. The summed E-state index contributed by atoms with van der Waals surface area (Å²) in [5, 5.41) is 1.86. The quantitative estimate of drug-likeness (QED) is 0.0455. The molecule has 1 atom stereocenters. The fraction of sp³-hybridized carbons (Fsp3) is 0.697. The molecule has 0 aliphatic carbocycles. The van der Waals surface area contributed by atoms with Gasteiger partial charge in [-0.3, -0.25) is 9.05 Å². The van der Waals surface area contributed by atoms with Gasteiger partial charge in [0.15, 0.2) is 5.75 Å². The standard InChI is InChI=1S/C33H55O6P/c1-3-5-6-7-8-9-10-11-12-13-14-15-16-17-18-19-22-28-36-40(34,37-30-29-35-4-2)39-38-33-27-23-25-31-24-20-21-26-32(31)33/h20-21,23-27H,3-19,22,28-30H2,1-2H3. The molecule has 0 spiro atoms. The Morgan fingerprint density at radius 1 is 0.575 bits per heavy atom. The third-order valence-corrected chi connectivity index (χ3v) is 8.40. The molecule has 0 bridgehead atoms. The van der Waals surface area contributed by atoms with E-state index in [9.17, 15) is 4.57 Å². The van der Waals surface area contributed by atoms with Crippen molar-refractivity contribution in [3.05, 3.63) is 42.5 Å². The van der Waals surface area contributed by atoms with E-state index in [1.807, 2.05) is 43.3 Å². The minimum absolute atomic E-state index is 0.100. The molecule has 0 saturated carbocycles. The zero-order valence-electron chi connectivity index (χ0n) is 25.3. The molecule has 0 radical (unpaired) electrons. The van der Waals surface area contributed by atoms with Crippen molar-refractivity contribution in [2.24, 2.45) is 0 Å². The van der Waals surface area contributed by atoms with Gasteiger partial charge in [0.2, 0.25) is 0 Å². The van der Waals surface area contributed by atoms with Gasteiger partial charge in [0, 0.05) is 12.0 Å². The number of fused-ring (bicyclic) bond motifs is 1. The molecule has 0 heterocycles. The van der Waals surface area contributed by atoms with E-state index in [0.717, 1.165) is 30.0 Å². The maximum atomic E-state index is 13.2. The summed E-state index contributed by atoms with van der Waals surface area (Å²) >= 11 is 0. The maximum absolute atomic E-state index is 13.2. The first-order valence-corrected chi connectivity index (χ1v) is 17.5. The van der Waals surface area contributed by atoms with Crippen LogP contribution in [0.25, 0.3) is 10.8 Å². The third kappa shape index (κ3) is 16.1. The molecular weight excluding hydrogens is 523 g/mol. The summed E-state index contributed by atoms with van der Waals surface area (Å²) in [7, 11) is -3.90. The smallest absolute Gasteiger partial charge is 0.379 e. The van der Waals surface area contributed by atoms with Crippen LogP contribution < -0.4 is 4.89 Å². The van der Waals surface area contributed by atoms with Crippen LogP contribution in [0.2, 0.25) is 0 Å². The van der Waals surface area contributed by atoms with Crippen molar-refractivity contribution in [2.45, 2.75) is 123 Å². The highest BCUT2D eigenvalue weighted by atomic mass is 31.2. The van der Waals surface area contributed by atoms with E-state index < -0.39 is 7.82 Å². The Labute approximate surface area is 244 Å². The maximum Gasteiger partial charge on any atom is 0.511 e. The number of rotatable bonds is 27. The fourth-order valence-corrected chi connectivity index (χ4v) is 5.77. The van der Waals surface area contributed by atoms with Gasteiger partial charge in [-0.25, -0.2) is 4.57 Å². The lowest BCUT2D eigenvalue weighted by Crippen LogP contribution is -2.08. The van der Waals surface area contributed by atoms with E-state index in [4.69, 9.17) is 23.3 Å². The van der Waals surface area contributed by atoms with E-state index in [2.05, 4.69) is 6.92 Å². The second-order valence-corrected chi connectivity index (χ2v) is 12.2. The number of phosphoric ester groups is 1. The molecule has 0 aromatic heterocycles. The lowest BCUT2D eigenvalue weighted by atomic mass is 10.0. The normalized spacial score (nSPS) is 13.1. The number of hydrogen-bond donors (Lipinski definition) is 0. The summed E-state index contributed by atoms with van der Waals surface area (Å²) in [5.74, 6) is 0.466. The van der Waals surface area contributed by atoms with Gasteiger partial charge >= 0.3 is 7.82 Å². The zero-order chi connectivity index (χ0) is 28.6. The molecule has 0 amide bonds. The van der Waals surface area contributed by atoms with Gasteiger partial charge in [0.05, 0.1) is 19.8 Å². The highest BCUT2D eigenvalue weighted by Crippen LogP contribution is 2.50. The van der Waals surface area contributed by atoms with Crippen molar-refractivity contribution in [3.8, 4) is 5.75 Å². The van der Waals surface area contributed by atoms with Crippen LogP contribution in [0.4, 0.5) is 0 Å². The molecule has 0 N–H and O–H groups in total. The van der Waals surface area contributed by atoms with Crippen LogP contribution in [0.5, 0.6) is 5.75 Å². The Morgan fingerprint density at radius 2 is 1.10 bits per heavy atom. The summed E-state index contributed by atoms with van der Waals surface area (Å²) in [4.78, 5) is 5.48. The first kappa shape index (κ1) is 34.8. The van der Waals surface area contributed by atoms with Crippen LogP contribution in [0.1, 0.15) is 123 Å². The van der Waals surface area contributed by atoms with Crippen LogP contribution in [0, 0.1) is 0 Å². The monoisotopic (exact) mass is 578 g/mol. The molecule has 2 rings (SSSR count). The zero-order valence-corrected chi connectivity index (χ0v) is 26.2. The summed E-state index contributed by atoms with van der Waals surface area (Å²) < 4.78 is 34.9. The van der Waals surface area contributed by atoms with Crippen molar-refractivity contribution in [1.29, 1.82) is 0 Å². The van der Waals surface area contributed by atoms with Crippen molar-refractivity contribution >= 4 is 18.6 Å². The molecule has 40 heavy (non-hydrogen) atoms. The molecule has 228 valence electrons. The largest absolute Gasteiger partial charge is 0.511 e. The highest BCUT2D eigenvalue weighted by Gasteiger charge is 2.29. The average Bonchev–Trinajstić information content (AvgIpc) is 2.98. The topological polar surface area (TPSA) is 63.2 Å². The third-order valence-electron chi connectivity index (χ3n) is 7.15. The second-order valence-electron chi connectivity index (χ2n) is 10.6. The predicted molar refractivity (Wildman–Crippen MR) is 166 cm³/mol. The number of hydrogen-bond acceptors (Lipinski definition) is 6. The summed E-state index contributed by atoms with van der Waals surface area (Å²) in [6.45, 7) is 5.43. The van der Waals surface area contributed by atoms with E-state index >= 15 is 0 Å². The average molecular weight is 579 g/mol. The van der Waals surface area contributed by atoms with E-state index in [1.165, 1.54) is 89.9 Å². The van der Waals surface area contributed by atoms with Crippen LogP contribution in [0.3, 0.4) is 0 Å². The lowest BCUT2D eigenvalue weighted by molar-refractivity contribution is -0.132. The minimum atomic E-state index is -3.90. The first-order valence-electron chi connectivity index (χ1n) is 16.0. The summed E-state index contributed by atoms with van der Waals surface area (Å²) in [6.07, 6.45) is 22.2. The van der Waals surface area contributed by atoms with Crippen LogP contribution in [-0.2, 0) is 23.0 Å². The van der Waals surface area contributed by atoms with Crippen LogP contribution >= 0.6 is 7.82 Å². The molecule has 1 unspecified atom stereocenters. The van der Waals surface area contributed by atoms with Crippen molar-refractivity contribution in [2.75, 3.05) is 26.4 Å². The SMILES string of the molecule is CCCCCCCCCCCCCCCCCCCOP(=O)(OCCOCC)OOc1cccc2ccccc12. The van der Waals surface area contributed by atoms with Gasteiger partial charge < -0.3 is 9.62 Å². The van der Waals surface area contributed by atoms with Gasteiger partial charge in [0.1, 0.15) is 0 Å². The van der Waals surface area contributed by atoms with Gasteiger partial charge in [-0.2, -0.15) is 0 Å². The number of benzene rings is 2. The Morgan fingerprint density at radius 3 is 1.70 bits per heavy atom. The Balaban J connectivity index is 1.54. The summed E-state index contributed by atoms with van der Waals surface area (Å²) in [5.41, 5.74) is 0. The second kappa shape index (κ2) is 23.2. The molecule has 2 aromatic carbocycles. The van der Waals surface area contributed by atoms with E-state index in [0.29, 0.717) is 25.6 Å². The number of phosphoric acid groups is 1. The molecule has 0 aliphatic rings. The summed E-state index contributed by atoms with van der Waals surface area (Å²) in [6, 6.07) is 13.4. The van der Waals surface area contributed by atoms with E-state index in [-0.39, 0.29) is 6.61 Å². The van der Waals surface area contributed by atoms with Crippen molar-refractivity contribution in [3.63, 3.8) is 0 Å². The van der Waals surface area contributed by atoms with Gasteiger partial charge in [-0.1, -0.05) is 151 Å². The molecule has 6 nitrogen and oxygen atoms in total. The lowest BCUT2D eigenvalue weighted by Gasteiger charge is -2.17. The van der Waals surface area contributed by atoms with Crippen LogP contribution in [-0.4, -0.2) is 26.4 Å². The predicted octanol–water partition coefficient (Wildman–Crippen LogP) is 11.0. The van der Waals surface area contributed by atoms with Crippen LogP contribution in [0.15, 0.2) is 42.5 Å². The highest BCUT2D eigenvalue weighted by molar-refractivity contribution is 7.48. The van der Waals surface area contributed by atoms with Gasteiger partial charge in [-0.15, -0.1) is 0 Å². The van der Waals surface area contributed by atoms with Crippen molar-refractivity contribution in [1.82, 2.24) is 0 Å². The van der Waals surface area contributed by atoms with Gasteiger partial charge in [-0.05, 0) is 24.8 Å². The number of ether oxygens (including phenoxy) is 1. The minimum Gasteiger partial charge on any atom is -0.379 e. The van der Waals surface area contributed by atoms with Gasteiger partial charge in [0.25, 0.3) is 0 Å². The molecule has 0 aliphatic heterocycles. The first-order chi connectivity index (χ1) is 19.7.